The van der Waals surface area contributed by atoms with Crippen LogP contribution < -0.4 is 10.6 Å². The van der Waals surface area contributed by atoms with Crippen LogP contribution in [0.3, 0.4) is 0 Å². The topological polar surface area (TPSA) is 93.5 Å². The van der Waals surface area contributed by atoms with Crippen LogP contribution in [0.4, 0.5) is 5.69 Å². The minimum absolute atomic E-state index is 0.0154. The highest BCUT2D eigenvalue weighted by Crippen LogP contribution is 2.41. The lowest BCUT2D eigenvalue weighted by atomic mass is 10.1. The standard InChI is InChI=1S/C25H28N6O3S/c1-14-8-26-23-22-17-4-5-18(29-19(17)6-7-20(22)35-24(23)25(32)28-14)15-9-27-31(10-15)16-11-30(12-16)13-21(33-2)34-3/h4-7,9-10,14,16,21,26H,8,11-13H2,1-3H3,(H,28,32)/t14-/m1/s1. The number of carbonyl (C=O) groups excluding carboxylic acids is 1. The lowest BCUT2D eigenvalue weighted by Crippen LogP contribution is -2.51. The number of rotatable bonds is 6. The lowest BCUT2D eigenvalue weighted by molar-refractivity contribution is -0.127. The van der Waals surface area contributed by atoms with Crippen LogP contribution in [-0.2, 0) is 9.47 Å². The molecule has 4 aromatic rings. The Morgan fingerprint density at radius 1 is 1.20 bits per heavy atom. The molecule has 2 aliphatic heterocycles. The van der Waals surface area contributed by atoms with Gasteiger partial charge >= 0.3 is 0 Å². The van der Waals surface area contributed by atoms with Crippen molar-refractivity contribution in [1.82, 2.24) is 25.0 Å². The van der Waals surface area contributed by atoms with Crippen LogP contribution in [0.15, 0.2) is 36.7 Å². The molecule has 2 aliphatic rings. The van der Waals surface area contributed by atoms with Gasteiger partial charge in [-0.3, -0.25) is 14.4 Å². The van der Waals surface area contributed by atoms with Crippen molar-refractivity contribution < 1.29 is 14.3 Å². The van der Waals surface area contributed by atoms with E-state index in [-0.39, 0.29) is 18.2 Å². The van der Waals surface area contributed by atoms with Gasteiger partial charge in [-0.2, -0.15) is 5.10 Å². The number of benzene rings is 1. The number of thiophene rings is 1. The quantitative estimate of drug-likeness (QED) is 0.399. The van der Waals surface area contributed by atoms with E-state index < -0.39 is 0 Å². The zero-order valence-electron chi connectivity index (χ0n) is 19.9. The highest BCUT2D eigenvalue weighted by Gasteiger charge is 2.31. The summed E-state index contributed by atoms with van der Waals surface area (Å²) in [5.41, 5.74) is 3.70. The monoisotopic (exact) mass is 492 g/mol. The third-order valence-electron chi connectivity index (χ3n) is 6.83. The first-order chi connectivity index (χ1) is 17.0. The number of pyridine rings is 1. The minimum atomic E-state index is -0.205. The number of fused-ring (bicyclic) bond motifs is 5. The third-order valence-corrected chi connectivity index (χ3v) is 7.99. The van der Waals surface area contributed by atoms with E-state index in [0.29, 0.717) is 12.6 Å². The Labute approximate surface area is 207 Å². The van der Waals surface area contributed by atoms with Crippen LogP contribution in [0.1, 0.15) is 22.6 Å². The van der Waals surface area contributed by atoms with Gasteiger partial charge in [0.1, 0.15) is 4.88 Å². The molecule has 0 aliphatic carbocycles. The highest BCUT2D eigenvalue weighted by molar-refractivity contribution is 7.21. The maximum absolute atomic E-state index is 12.7. The molecule has 35 heavy (non-hydrogen) atoms. The number of carbonyl (C=O) groups is 1. The average molecular weight is 493 g/mol. The molecule has 182 valence electrons. The Bertz CT molecular complexity index is 1410. The zero-order chi connectivity index (χ0) is 24.1. The number of amides is 1. The fourth-order valence-electron chi connectivity index (χ4n) is 4.87. The molecule has 1 saturated heterocycles. The molecule has 0 spiro atoms. The first-order valence-electron chi connectivity index (χ1n) is 11.8. The van der Waals surface area contributed by atoms with Crippen LogP contribution in [0, 0.1) is 0 Å². The van der Waals surface area contributed by atoms with Gasteiger partial charge in [0, 0.05) is 73.7 Å². The molecular weight excluding hydrogens is 464 g/mol. The van der Waals surface area contributed by atoms with Crippen molar-refractivity contribution in [1.29, 1.82) is 0 Å². The van der Waals surface area contributed by atoms with Crippen LogP contribution in [0.2, 0.25) is 0 Å². The summed E-state index contributed by atoms with van der Waals surface area (Å²) in [5.74, 6) is -0.0154. The van der Waals surface area contributed by atoms with Gasteiger partial charge in [-0.25, -0.2) is 4.98 Å². The van der Waals surface area contributed by atoms with E-state index in [0.717, 1.165) is 62.4 Å². The van der Waals surface area contributed by atoms with Crippen molar-refractivity contribution in [2.24, 2.45) is 0 Å². The van der Waals surface area contributed by atoms with Crippen LogP contribution >= 0.6 is 11.3 Å². The summed E-state index contributed by atoms with van der Waals surface area (Å²) in [4.78, 5) is 20.7. The first kappa shape index (κ1) is 22.4. The molecule has 1 fully saturated rings. The molecule has 0 saturated carbocycles. The molecule has 9 nitrogen and oxygen atoms in total. The van der Waals surface area contributed by atoms with Crippen molar-refractivity contribution >= 4 is 43.9 Å². The molecule has 0 bridgehead atoms. The number of nitrogens with one attached hydrogen (secondary N) is 2. The largest absolute Gasteiger partial charge is 0.381 e. The molecular formula is C25H28N6O3S. The summed E-state index contributed by atoms with van der Waals surface area (Å²) in [7, 11) is 3.32. The van der Waals surface area contributed by atoms with Crippen LogP contribution in [0.5, 0.6) is 0 Å². The number of aromatic nitrogens is 3. The fraction of sp³-hybridized carbons (Fsp3) is 0.400. The normalized spacial score (nSPS) is 19.0. The molecule has 0 unspecified atom stereocenters. The van der Waals surface area contributed by atoms with Gasteiger partial charge in [-0.05, 0) is 31.2 Å². The summed E-state index contributed by atoms with van der Waals surface area (Å²) >= 11 is 1.53. The lowest BCUT2D eigenvalue weighted by Gasteiger charge is -2.40. The summed E-state index contributed by atoms with van der Waals surface area (Å²) in [6, 6.07) is 8.66. The maximum Gasteiger partial charge on any atom is 0.263 e. The van der Waals surface area contributed by atoms with Crippen molar-refractivity contribution in [2.75, 3.05) is 45.7 Å². The number of hydrogen-bond donors (Lipinski definition) is 2. The molecule has 10 heteroatoms. The number of nitrogens with zero attached hydrogens (tertiary/aromatic N) is 4. The summed E-state index contributed by atoms with van der Waals surface area (Å²) in [5, 5.41) is 13.3. The molecule has 0 radical (unpaired) electrons. The van der Waals surface area contributed by atoms with Gasteiger partial charge in [0.25, 0.3) is 5.91 Å². The number of hydrogen-bond acceptors (Lipinski definition) is 8. The van der Waals surface area contributed by atoms with Gasteiger partial charge in [0.15, 0.2) is 6.29 Å². The molecule has 5 heterocycles. The number of anilines is 1. The maximum atomic E-state index is 12.7. The third kappa shape index (κ3) is 3.96. The Hall–Kier alpha value is -3.05. The van der Waals surface area contributed by atoms with Gasteiger partial charge < -0.3 is 20.1 Å². The van der Waals surface area contributed by atoms with Gasteiger partial charge in [-0.1, -0.05) is 0 Å². The van der Waals surface area contributed by atoms with E-state index in [1.54, 1.807) is 14.2 Å². The molecule has 1 aromatic carbocycles. The van der Waals surface area contributed by atoms with Gasteiger partial charge in [0.05, 0.1) is 29.1 Å². The Morgan fingerprint density at radius 3 is 2.83 bits per heavy atom. The second-order valence-corrected chi connectivity index (χ2v) is 10.3. The van der Waals surface area contributed by atoms with E-state index in [2.05, 4.69) is 39.0 Å². The number of methoxy groups -OCH3 is 2. The van der Waals surface area contributed by atoms with Crippen molar-refractivity contribution in [3.63, 3.8) is 0 Å². The van der Waals surface area contributed by atoms with Crippen molar-refractivity contribution in [3.8, 4) is 11.3 Å². The van der Waals surface area contributed by atoms with E-state index in [4.69, 9.17) is 14.5 Å². The first-order valence-corrected chi connectivity index (χ1v) is 12.6. The van der Waals surface area contributed by atoms with Crippen LogP contribution in [-0.4, -0.2) is 78.3 Å². The Morgan fingerprint density at radius 2 is 2.03 bits per heavy atom. The minimum Gasteiger partial charge on any atom is -0.381 e. The summed E-state index contributed by atoms with van der Waals surface area (Å²) in [6.07, 6.45) is 3.75. The number of likely N-dealkylation sites (tertiary alicyclic amines) is 1. The zero-order valence-corrected chi connectivity index (χ0v) is 20.8. The Kier molecular flexibility index (Phi) is 5.68. The van der Waals surface area contributed by atoms with E-state index in [1.807, 2.05) is 29.9 Å². The SMILES string of the molecule is COC(CN1CC(n2cc(-c3ccc4c(ccc5sc6c(c54)NC[C@@H](C)NC6=O)n3)cn2)C1)OC. The van der Waals surface area contributed by atoms with E-state index >= 15 is 0 Å². The summed E-state index contributed by atoms with van der Waals surface area (Å²) in [6.45, 7) is 5.28. The fourth-order valence-corrected chi connectivity index (χ4v) is 5.97. The van der Waals surface area contributed by atoms with Crippen molar-refractivity contribution in [3.05, 3.63) is 41.5 Å². The number of ether oxygens (including phenoxy) is 2. The predicted octanol–water partition coefficient (Wildman–Crippen LogP) is 3.33. The average Bonchev–Trinajstić information content (AvgIpc) is 3.44. The van der Waals surface area contributed by atoms with E-state index in [9.17, 15) is 4.79 Å². The van der Waals surface area contributed by atoms with Crippen molar-refractivity contribution in [2.45, 2.75) is 25.3 Å². The van der Waals surface area contributed by atoms with E-state index in [1.165, 1.54) is 11.3 Å². The second-order valence-electron chi connectivity index (χ2n) is 9.25. The second kappa shape index (κ2) is 8.87. The predicted molar refractivity (Wildman–Crippen MR) is 137 cm³/mol. The highest BCUT2D eigenvalue weighted by atomic mass is 32.1. The molecule has 6 rings (SSSR count). The van der Waals surface area contributed by atoms with Gasteiger partial charge in [0.2, 0.25) is 0 Å². The molecule has 3 aromatic heterocycles. The molecule has 1 atom stereocenters. The van der Waals surface area contributed by atoms with Gasteiger partial charge in [-0.15, -0.1) is 11.3 Å². The van der Waals surface area contributed by atoms with Crippen LogP contribution in [0.25, 0.3) is 32.2 Å². The molecule has 1 amide bonds. The Balaban J connectivity index is 1.26. The summed E-state index contributed by atoms with van der Waals surface area (Å²) < 4.78 is 13.7. The smallest absolute Gasteiger partial charge is 0.263 e. The molecule has 2 N–H and O–H groups in total.